The second-order valence-electron chi connectivity index (χ2n) is 6.24. The smallest absolute Gasteiger partial charge is 0.262 e. The van der Waals surface area contributed by atoms with Gasteiger partial charge in [-0.05, 0) is 38.0 Å². The Morgan fingerprint density at radius 3 is 2.25 bits per heavy atom. The van der Waals surface area contributed by atoms with Gasteiger partial charge < -0.3 is 0 Å². The molecule has 0 bridgehead atoms. The van der Waals surface area contributed by atoms with Crippen LogP contribution < -0.4 is 4.89 Å². The van der Waals surface area contributed by atoms with Crippen LogP contribution in [0.2, 0.25) is 0 Å². The number of aryl methyl sites for hydroxylation is 2. The van der Waals surface area contributed by atoms with Gasteiger partial charge in [0.15, 0.2) is 0 Å². The van der Waals surface area contributed by atoms with Gasteiger partial charge in [-0.2, -0.15) is 0 Å². The van der Waals surface area contributed by atoms with Crippen LogP contribution in [0.25, 0.3) is 6.08 Å². The molecule has 0 spiro atoms. The zero-order chi connectivity index (χ0) is 17.2. The summed E-state index contributed by atoms with van der Waals surface area (Å²) in [5.41, 5.74) is 4.70. The van der Waals surface area contributed by atoms with Crippen molar-refractivity contribution < 1.29 is 13.3 Å². The highest BCUT2D eigenvalue weighted by molar-refractivity contribution is 7.89. The molecule has 2 aromatic rings. The van der Waals surface area contributed by atoms with Crippen molar-refractivity contribution in [2.75, 3.05) is 6.61 Å². The molecule has 1 saturated carbocycles. The Kier molecular flexibility index (Phi) is 4.85. The van der Waals surface area contributed by atoms with Gasteiger partial charge in [0, 0.05) is 5.92 Å². The van der Waals surface area contributed by atoms with E-state index in [2.05, 4.69) is 42.2 Å². The summed E-state index contributed by atoms with van der Waals surface area (Å²) in [4.78, 5) is 7.63. The fourth-order valence-electron chi connectivity index (χ4n) is 2.42. The zero-order valence-corrected chi connectivity index (χ0v) is 14.6. The Morgan fingerprint density at radius 2 is 1.62 bits per heavy atom. The SMILES string of the molecule is Cc1ccc(/C=C2\CC2CONS(=O)(=O)c2ccc(C)cc2)cc1. The number of rotatable bonds is 6. The summed E-state index contributed by atoms with van der Waals surface area (Å²) in [6.45, 7) is 4.32. The first-order valence-electron chi connectivity index (χ1n) is 7.91. The molecule has 4 nitrogen and oxygen atoms in total. The summed E-state index contributed by atoms with van der Waals surface area (Å²) in [7, 11) is -3.62. The van der Waals surface area contributed by atoms with Crippen LogP contribution in [0.15, 0.2) is 59.0 Å². The molecule has 126 valence electrons. The molecule has 24 heavy (non-hydrogen) atoms. The lowest BCUT2D eigenvalue weighted by molar-refractivity contribution is 0.0867. The van der Waals surface area contributed by atoms with Crippen molar-refractivity contribution in [3.05, 3.63) is 70.8 Å². The molecule has 5 heteroatoms. The third-order valence-corrected chi connectivity index (χ3v) is 5.29. The Bertz CT molecular complexity index is 837. The van der Waals surface area contributed by atoms with Crippen molar-refractivity contribution in [1.29, 1.82) is 0 Å². The first kappa shape index (κ1) is 16.9. The first-order valence-corrected chi connectivity index (χ1v) is 9.40. The molecule has 1 atom stereocenters. The molecular formula is C19H21NO3S. The Hall–Kier alpha value is -1.95. The minimum Gasteiger partial charge on any atom is -0.286 e. The minimum absolute atomic E-state index is 0.208. The van der Waals surface area contributed by atoms with Crippen molar-refractivity contribution in [2.45, 2.75) is 25.2 Å². The van der Waals surface area contributed by atoms with Crippen molar-refractivity contribution in [2.24, 2.45) is 5.92 Å². The molecule has 0 saturated heterocycles. The minimum atomic E-state index is -3.62. The molecule has 1 fully saturated rings. The van der Waals surface area contributed by atoms with Crippen LogP contribution in [-0.4, -0.2) is 15.0 Å². The van der Waals surface area contributed by atoms with E-state index >= 15 is 0 Å². The van der Waals surface area contributed by atoms with Crippen molar-refractivity contribution in [1.82, 2.24) is 4.89 Å². The molecule has 0 aliphatic heterocycles. The standard InChI is InChI=1S/C19H21NO3S/c1-14-3-7-16(8-4-14)11-17-12-18(17)13-23-20-24(21,22)19-9-5-15(2)6-10-19/h3-11,18,20H,12-13H2,1-2H3/b17-11+. The van der Waals surface area contributed by atoms with E-state index in [0.717, 1.165) is 12.0 Å². The van der Waals surface area contributed by atoms with E-state index in [1.807, 2.05) is 6.92 Å². The first-order chi connectivity index (χ1) is 11.4. The normalized spacial score (nSPS) is 18.8. The van der Waals surface area contributed by atoms with Gasteiger partial charge >= 0.3 is 0 Å². The summed E-state index contributed by atoms with van der Waals surface area (Å²) in [5.74, 6) is 0.284. The maximum atomic E-state index is 12.1. The van der Waals surface area contributed by atoms with Crippen LogP contribution >= 0.6 is 0 Å². The van der Waals surface area contributed by atoms with Gasteiger partial charge in [0.05, 0.1) is 11.5 Å². The fraction of sp³-hybridized carbons (Fsp3) is 0.263. The molecule has 1 aliphatic carbocycles. The van der Waals surface area contributed by atoms with Crippen LogP contribution in [0.1, 0.15) is 23.1 Å². The van der Waals surface area contributed by atoms with E-state index in [0.29, 0.717) is 6.61 Å². The predicted octanol–water partition coefficient (Wildman–Crippen LogP) is 3.62. The highest BCUT2D eigenvalue weighted by atomic mass is 32.2. The van der Waals surface area contributed by atoms with Gasteiger partial charge in [0.2, 0.25) is 0 Å². The molecule has 0 aromatic heterocycles. The van der Waals surface area contributed by atoms with Crippen LogP contribution in [0, 0.1) is 19.8 Å². The van der Waals surface area contributed by atoms with Gasteiger partial charge in [-0.3, -0.25) is 4.84 Å². The summed E-state index contributed by atoms with van der Waals surface area (Å²) in [6.07, 6.45) is 3.09. The molecule has 1 aliphatic rings. The molecule has 1 N–H and O–H groups in total. The summed E-state index contributed by atoms with van der Waals surface area (Å²) in [6, 6.07) is 15.0. The van der Waals surface area contributed by atoms with Gasteiger partial charge in [-0.15, -0.1) is 0 Å². The monoisotopic (exact) mass is 343 g/mol. The van der Waals surface area contributed by atoms with E-state index in [-0.39, 0.29) is 10.8 Å². The lowest BCUT2D eigenvalue weighted by Gasteiger charge is -2.06. The number of nitrogens with one attached hydrogen (secondary N) is 1. The van der Waals surface area contributed by atoms with E-state index < -0.39 is 10.0 Å². The highest BCUT2D eigenvalue weighted by Gasteiger charge is 2.30. The highest BCUT2D eigenvalue weighted by Crippen LogP contribution is 2.39. The quantitative estimate of drug-likeness (QED) is 0.815. The van der Waals surface area contributed by atoms with Gasteiger partial charge in [0.1, 0.15) is 0 Å². The molecule has 3 rings (SSSR count). The van der Waals surface area contributed by atoms with Crippen molar-refractivity contribution in [3.63, 3.8) is 0 Å². The lowest BCUT2D eigenvalue weighted by Crippen LogP contribution is -2.25. The maximum Gasteiger partial charge on any atom is 0.262 e. The van der Waals surface area contributed by atoms with Gasteiger partial charge in [0.25, 0.3) is 10.0 Å². The number of hydrogen-bond acceptors (Lipinski definition) is 3. The Morgan fingerprint density at radius 1 is 1.04 bits per heavy atom. The maximum absolute atomic E-state index is 12.1. The average molecular weight is 343 g/mol. The van der Waals surface area contributed by atoms with Crippen LogP contribution in [0.3, 0.4) is 0 Å². The van der Waals surface area contributed by atoms with E-state index in [4.69, 9.17) is 4.84 Å². The fourth-order valence-corrected chi connectivity index (χ4v) is 3.24. The Balaban J connectivity index is 1.51. The largest absolute Gasteiger partial charge is 0.286 e. The third-order valence-electron chi connectivity index (χ3n) is 4.06. The van der Waals surface area contributed by atoms with Crippen LogP contribution in [0.5, 0.6) is 0 Å². The summed E-state index contributed by atoms with van der Waals surface area (Å²) >= 11 is 0. The van der Waals surface area contributed by atoms with E-state index in [1.165, 1.54) is 16.7 Å². The van der Waals surface area contributed by atoms with Crippen LogP contribution in [-0.2, 0) is 14.9 Å². The molecule has 1 unspecified atom stereocenters. The summed E-state index contributed by atoms with van der Waals surface area (Å²) < 4.78 is 24.2. The van der Waals surface area contributed by atoms with Crippen LogP contribution in [0.4, 0.5) is 0 Å². The Labute approximate surface area is 143 Å². The lowest BCUT2D eigenvalue weighted by atomic mass is 10.1. The second-order valence-corrected chi connectivity index (χ2v) is 7.89. The number of sulfonamides is 1. The van der Waals surface area contributed by atoms with Crippen molar-refractivity contribution in [3.8, 4) is 0 Å². The topological polar surface area (TPSA) is 55.4 Å². The average Bonchev–Trinajstić information content (AvgIpc) is 3.28. The molecule has 0 amide bonds. The molecule has 0 heterocycles. The molecule has 0 radical (unpaired) electrons. The second kappa shape index (κ2) is 6.89. The summed E-state index contributed by atoms with van der Waals surface area (Å²) in [5, 5.41) is 0. The van der Waals surface area contributed by atoms with Crippen molar-refractivity contribution >= 4 is 16.1 Å². The molecular weight excluding hydrogens is 322 g/mol. The third kappa shape index (κ3) is 4.32. The van der Waals surface area contributed by atoms with Gasteiger partial charge in [-0.25, -0.2) is 8.42 Å². The number of hydrogen-bond donors (Lipinski definition) is 1. The molecule has 2 aromatic carbocycles. The van der Waals surface area contributed by atoms with E-state index in [9.17, 15) is 8.42 Å². The zero-order valence-electron chi connectivity index (χ0n) is 13.8. The predicted molar refractivity (Wildman–Crippen MR) is 94.7 cm³/mol. The number of benzene rings is 2. The van der Waals surface area contributed by atoms with E-state index in [1.54, 1.807) is 24.3 Å². The van der Waals surface area contributed by atoms with Gasteiger partial charge in [-0.1, -0.05) is 64.1 Å².